The number of piperazine rings is 1. The van der Waals surface area contributed by atoms with E-state index in [0.717, 1.165) is 75.8 Å². The lowest BCUT2D eigenvalue weighted by molar-refractivity contribution is -0.132. The first-order chi connectivity index (χ1) is 15.6. The van der Waals surface area contributed by atoms with Gasteiger partial charge in [-0.25, -0.2) is 0 Å². The number of halogens is 1. The van der Waals surface area contributed by atoms with Crippen LogP contribution in [-0.4, -0.2) is 67.6 Å². The lowest BCUT2D eigenvalue weighted by Gasteiger charge is -2.36. The maximum Gasteiger partial charge on any atom is 0.222 e. The molecule has 2 fully saturated rings. The molecule has 0 bridgehead atoms. The molecule has 0 spiro atoms. The third-order valence-corrected chi connectivity index (χ3v) is 6.95. The number of benzene rings is 2. The average Bonchev–Trinajstić information content (AvgIpc) is 2.82. The van der Waals surface area contributed by atoms with Gasteiger partial charge >= 0.3 is 0 Å². The van der Waals surface area contributed by atoms with Gasteiger partial charge in [0.15, 0.2) is 0 Å². The fourth-order valence-corrected chi connectivity index (χ4v) is 4.78. The van der Waals surface area contributed by atoms with E-state index < -0.39 is 0 Å². The number of piperidine rings is 1. The van der Waals surface area contributed by atoms with E-state index in [1.54, 1.807) is 0 Å². The van der Waals surface area contributed by atoms with Crippen molar-refractivity contribution in [3.05, 3.63) is 59.1 Å². The Morgan fingerprint density at radius 2 is 1.58 bits per heavy atom. The van der Waals surface area contributed by atoms with Crippen LogP contribution in [0.25, 0.3) is 0 Å². The summed E-state index contributed by atoms with van der Waals surface area (Å²) in [4.78, 5) is 19.7. The topological polar surface area (TPSA) is 38.8 Å². The Kier molecular flexibility index (Phi) is 9.45. The summed E-state index contributed by atoms with van der Waals surface area (Å²) in [6, 6.07) is 17.1. The van der Waals surface area contributed by atoms with Gasteiger partial charge in [0.2, 0.25) is 5.91 Å². The maximum absolute atomic E-state index is 12.7. The van der Waals surface area contributed by atoms with E-state index in [0.29, 0.717) is 18.4 Å². The summed E-state index contributed by atoms with van der Waals surface area (Å²) >= 11 is 5.96. The van der Waals surface area contributed by atoms with Crippen molar-refractivity contribution in [3.63, 3.8) is 0 Å². The van der Waals surface area contributed by atoms with Crippen LogP contribution in [0.3, 0.4) is 0 Å². The van der Waals surface area contributed by atoms with Crippen LogP contribution in [0.15, 0.2) is 48.5 Å². The summed E-state index contributed by atoms with van der Waals surface area (Å²) in [6.45, 7) is 9.11. The molecule has 0 radical (unpaired) electrons. The minimum atomic E-state index is 0. The van der Waals surface area contributed by atoms with Crippen molar-refractivity contribution in [1.29, 1.82) is 0 Å². The number of aryl methyl sites for hydroxylation is 1. The van der Waals surface area contributed by atoms with E-state index in [2.05, 4.69) is 51.2 Å². The highest BCUT2D eigenvalue weighted by molar-refractivity contribution is 6.30. The Bertz CT molecular complexity index is 855. The summed E-state index contributed by atoms with van der Waals surface area (Å²) in [5.74, 6) is 0.313. The first-order valence-electron chi connectivity index (χ1n) is 11.9. The number of hydrogen-bond acceptors (Lipinski definition) is 4. The van der Waals surface area contributed by atoms with Crippen molar-refractivity contribution in [2.24, 2.45) is 0 Å². The lowest BCUT2D eigenvalue weighted by Crippen LogP contribution is -2.47. The van der Waals surface area contributed by atoms with Crippen molar-refractivity contribution in [2.45, 2.75) is 46.1 Å². The van der Waals surface area contributed by atoms with Crippen LogP contribution >= 0.6 is 11.6 Å². The standard InChI is InChI=1S/C26H35ClN4O.CH4/c1-21-4-10-25(11-5-21)30-19-17-29(18-20-30)14-2-3-26(32)31-15-12-24(13-16-31)28-23-8-6-22(27)7-9-23;/h4-11,24,28H,2-3,12-20H2,1H3;1H4. The second kappa shape index (κ2) is 12.3. The van der Waals surface area contributed by atoms with E-state index in [9.17, 15) is 4.79 Å². The minimum Gasteiger partial charge on any atom is -0.382 e. The van der Waals surface area contributed by atoms with Gasteiger partial charge in [-0.3, -0.25) is 9.69 Å². The molecule has 0 aromatic heterocycles. The predicted molar refractivity (Wildman–Crippen MR) is 140 cm³/mol. The molecule has 2 aliphatic rings. The third kappa shape index (κ3) is 7.38. The van der Waals surface area contributed by atoms with E-state index in [-0.39, 0.29) is 7.43 Å². The molecular formula is C27H39ClN4O. The number of nitrogens with zero attached hydrogens (tertiary/aromatic N) is 3. The first-order valence-corrected chi connectivity index (χ1v) is 12.3. The zero-order chi connectivity index (χ0) is 22.3. The molecule has 2 aliphatic heterocycles. The number of amides is 1. The number of likely N-dealkylation sites (tertiary alicyclic amines) is 1. The average molecular weight is 471 g/mol. The molecule has 0 atom stereocenters. The molecule has 1 N–H and O–H groups in total. The molecule has 2 aromatic rings. The summed E-state index contributed by atoms with van der Waals surface area (Å²) in [7, 11) is 0. The lowest BCUT2D eigenvalue weighted by atomic mass is 10.0. The Labute approximate surface area is 204 Å². The molecular weight excluding hydrogens is 432 g/mol. The smallest absolute Gasteiger partial charge is 0.222 e. The normalized spacial score (nSPS) is 17.5. The predicted octanol–water partition coefficient (Wildman–Crippen LogP) is 5.29. The van der Waals surface area contributed by atoms with Crippen LogP contribution in [-0.2, 0) is 4.79 Å². The quantitative estimate of drug-likeness (QED) is 0.596. The molecule has 0 saturated carbocycles. The Morgan fingerprint density at radius 3 is 2.21 bits per heavy atom. The van der Waals surface area contributed by atoms with E-state index in [1.807, 2.05) is 24.3 Å². The SMILES string of the molecule is C.Cc1ccc(N2CCN(CCCC(=O)N3CCC(Nc4ccc(Cl)cc4)CC3)CC2)cc1. The van der Waals surface area contributed by atoms with Crippen molar-refractivity contribution in [3.8, 4) is 0 Å². The molecule has 4 rings (SSSR count). The summed E-state index contributed by atoms with van der Waals surface area (Å²) in [6.07, 6.45) is 3.60. The number of anilines is 2. The van der Waals surface area contributed by atoms with Gasteiger partial charge in [0, 0.05) is 68.1 Å². The van der Waals surface area contributed by atoms with Crippen molar-refractivity contribution in [2.75, 3.05) is 56.0 Å². The zero-order valence-electron chi connectivity index (χ0n) is 19.1. The summed E-state index contributed by atoms with van der Waals surface area (Å²) < 4.78 is 0. The zero-order valence-corrected chi connectivity index (χ0v) is 19.9. The van der Waals surface area contributed by atoms with Crippen LogP contribution in [0.1, 0.15) is 38.7 Å². The minimum absolute atomic E-state index is 0. The van der Waals surface area contributed by atoms with Crippen LogP contribution in [0.2, 0.25) is 5.02 Å². The van der Waals surface area contributed by atoms with Crippen LogP contribution < -0.4 is 10.2 Å². The first kappa shape index (κ1) is 25.4. The van der Waals surface area contributed by atoms with Gasteiger partial charge in [-0.15, -0.1) is 0 Å². The molecule has 0 unspecified atom stereocenters. The molecule has 2 aromatic carbocycles. The van der Waals surface area contributed by atoms with Gasteiger partial charge in [0.05, 0.1) is 0 Å². The third-order valence-electron chi connectivity index (χ3n) is 6.70. The summed E-state index contributed by atoms with van der Waals surface area (Å²) in [5.41, 5.74) is 3.72. The largest absolute Gasteiger partial charge is 0.382 e. The van der Waals surface area contributed by atoms with Crippen molar-refractivity contribution >= 4 is 28.9 Å². The second-order valence-electron chi connectivity index (χ2n) is 9.07. The highest BCUT2D eigenvalue weighted by Crippen LogP contribution is 2.20. The number of hydrogen-bond donors (Lipinski definition) is 1. The molecule has 2 saturated heterocycles. The fraction of sp³-hybridized carbons (Fsp3) is 0.519. The van der Waals surface area contributed by atoms with Crippen LogP contribution in [0, 0.1) is 6.92 Å². The Hall–Kier alpha value is -2.24. The number of carbonyl (C=O) groups excluding carboxylic acids is 1. The number of nitrogens with one attached hydrogen (secondary N) is 1. The highest BCUT2D eigenvalue weighted by Gasteiger charge is 2.23. The van der Waals surface area contributed by atoms with Gasteiger partial charge in [0.1, 0.15) is 0 Å². The molecule has 180 valence electrons. The molecule has 33 heavy (non-hydrogen) atoms. The molecule has 2 heterocycles. The second-order valence-corrected chi connectivity index (χ2v) is 9.51. The molecule has 5 nitrogen and oxygen atoms in total. The fourth-order valence-electron chi connectivity index (χ4n) is 4.65. The maximum atomic E-state index is 12.7. The van der Waals surface area contributed by atoms with Crippen molar-refractivity contribution in [1.82, 2.24) is 9.80 Å². The van der Waals surface area contributed by atoms with Gasteiger partial charge in [0.25, 0.3) is 0 Å². The highest BCUT2D eigenvalue weighted by atomic mass is 35.5. The van der Waals surface area contributed by atoms with Gasteiger partial charge in [-0.1, -0.05) is 36.7 Å². The Balaban J connectivity index is 0.00000306. The van der Waals surface area contributed by atoms with Crippen LogP contribution in [0.4, 0.5) is 11.4 Å². The summed E-state index contributed by atoms with van der Waals surface area (Å²) in [5, 5.41) is 4.32. The van der Waals surface area contributed by atoms with E-state index in [4.69, 9.17) is 11.6 Å². The van der Waals surface area contributed by atoms with Crippen LogP contribution in [0.5, 0.6) is 0 Å². The molecule has 1 amide bonds. The van der Waals surface area contributed by atoms with E-state index in [1.165, 1.54) is 11.3 Å². The number of rotatable bonds is 7. The monoisotopic (exact) mass is 470 g/mol. The molecule has 6 heteroatoms. The van der Waals surface area contributed by atoms with Gasteiger partial charge < -0.3 is 15.1 Å². The number of carbonyl (C=O) groups is 1. The molecule has 0 aliphatic carbocycles. The van der Waals surface area contributed by atoms with Gasteiger partial charge in [-0.05, 0) is 69.1 Å². The Morgan fingerprint density at radius 1 is 0.939 bits per heavy atom. The van der Waals surface area contributed by atoms with Crippen molar-refractivity contribution < 1.29 is 4.79 Å². The van der Waals surface area contributed by atoms with E-state index >= 15 is 0 Å². The van der Waals surface area contributed by atoms with Gasteiger partial charge in [-0.2, -0.15) is 0 Å².